The summed E-state index contributed by atoms with van der Waals surface area (Å²) in [6.07, 6.45) is 0.674. The molecule has 2 aromatic rings. The van der Waals surface area contributed by atoms with E-state index in [0.717, 1.165) is 0 Å². The standard InChI is InChI=1S/C38H53NO20P4/c1-4-51-60(43,44)57-25-28(26-58-62(47,48)53-18-8-17-52-61(45,46)54-19-20-55-63(49,50)56-24-27(2)3)9-5-6-16-39-38(42)30-11-7-10-29(21-30)37-33-14-12-31(40)22-35(33)59-36-23-32(41)13-15-34(36)37/h7,10-15,21-23,27-28,40H,4-6,8-9,16-20,24-26H2,1-3H3,(H,39,42)(H,43,44)(H,45,46)(H,47,48)(H,49,50)/p-4. The molecule has 1 heterocycles. The third-order valence-corrected chi connectivity index (χ3v) is 12.5. The number of phosphoric ester groups is 4. The first-order valence-corrected chi connectivity index (χ1v) is 25.5. The van der Waals surface area contributed by atoms with E-state index in [1.54, 1.807) is 50.2 Å². The second kappa shape index (κ2) is 24.4. The molecule has 5 unspecified atom stereocenters. The molecule has 2 N–H and O–H groups in total. The summed E-state index contributed by atoms with van der Waals surface area (Å²) in [7, 11) is -19.3. The lowest BCUT2D eigenvalue weighted by molar-refractivity contribution is -0.234. The van der Waals surface area contributed by atoms with Crippen LogP contribution in [-0.4, -0.2) is 70.4 Å². The number of nitrogens with one attached hydrogen (secondary N) is 1. The Morgan fingerprint density at radius 2 is 1.32 bits per heavy atom. The van der Waals surface area contributed by atoms with Crippen LogP contribution >= 0.6 is 31.3 Å². The molecule has 0 fully saturated rings. The highest BCUT2D eigenvalue weighted by Crippen LogP contribution is 2.44. The minimum absolute atomic E-state index is 0.0296. The van der Waals surface area contributed by atoms with Gasteiger partial charge in [-0.25, -0.2) is 0 Å². The Balaban J connectivity index is 1.24. The molecule has 0 saturated carbocycles. The molecule has 2 aliphatic rings. The van der Waals surface area contributed by atoms with E-state index in [1.165, 1.54) is 31.2 Å². The van der Waals surface area contributed by atoms with Crippen LogP contribution in [0, 0.1) is 11.8 Å². The number of rotatable bonds is 29. The van der Waals surface area contributed by atoms with Gasteiger partial charge in [0.05, 0.1) is 52.9 Å². The highest BCUT2D eigenvalue weighted by atomic mass is 31.2. The fraction of sp³-hybridized carbons (Fsp3) is 0.474. The van der Waals surface area contributed by atoms with E-state index < -0.39 is 82.8 Å². The van der Waals surface area contributed by atoms with Crippen LogP contribution in [0.2, 0.25) is 0 Å². The number of hydrogen-bond donors (Lipinski definition) is 2. The summed E-state index contributed by atoms with van der Waals surface area (Å²) in [5.74, 6) is -1.03. The van der Waals surface area contributed by atoms with Gasteiger partial charge in [0.2, 0.25) is 0 Å². The molecule has 2 aromatic carbocycles. The third kappa shape index (κ3) is 18.3. The summed E-state index contributed by atoms with van der Waals surface area (Å²) < 4.78 is 91.4. The fourth-order valence-electron chi connectivity index (χ4n) is 5.71. The highest BCUT2D eigenvalue weighted by molar-refractivity contribution is 7.46. The van der Waals surface area contributed by atoms with Crippen LogP contribution in [0.5, 0.6) is 5.75 Å². The zero-order valence-electron chi connectivity index (χ0n) is 34.6. The van der Waals surface area contributed by atoms with Crippen molar-refractivity contribution in [3.63, 3.8) is 0 Å². The fourth-order valence-corrected chi connectivity index (χ4v) is 8.90. The van der Waals surface area contributed by atoms with Gasteiger partial charge in [0.25, 0.3) is 37.2 Å². The van der Waals surface area contributed by atoms with Crippen molar-refractivity contribution >= 4 is 48.2 Å². The molecule has 4 rings (SSSR count). The number of carbonyl (C=O) groups is 1. The number of aromatic hydroxyl groups is 1. The smallest absolute Gasteiger partial charge is 0.267 e. The topological polar surface area (TPSA) is 314 Å². The second-order valence-corrected chi connectivity index (χ2v) is 19.8. The molecule has 0 saturated heterocycles. The number of phosphoric acid groups is 4. The van der Waals surface area contributed by atoms with Crippen molar-refractivity contribution in [1.29, 1.82) is 0 Å². The summed E-state index contributed by atoms with van der Waals surface area (Å²) in [4.78, 5) is 73.4. The first kappa shape index (κ1) is 52.5. The minimum Gasteiger partial charge on any atom is -0.756 e. The summed E-state index contributed by atoms with van der Waals surface area (Å²) >= 11 is 0. The largest absolute Gasteiger partial charge is 0.756 e. The van der Waals surface area contributed by atoms with Crippen LogP contribution in [0.1, 0.15) is 56.8 Å². The van der Waals surface area contributed by atoms with Gasteiger partial charge in [-0.05, 0) is 74.1 Å². The summed E-state index contributed by atoms with van der Waals surface area (Å²) in [5.41, 5.74) is 2.36. The summed E-state index contributed by atoms with van der Waals surface area (Å²) in [5, 5.41) is 13.5. The summed E-state index contributed by atoms with van der Waals surface area (Å²) in [6, 6.07) is 15.8. The predicted octanol–water partition coefficient (Wildman–Crippen LogP) is 4.86. The van der Waals surface area contributed by atoms with Gasteiger partial charge in [-0.15, -0.1) is 0 Å². The maximum absolute atomic E-state index is 13.2. The van der Waals surface area contributed by atoms with Crippen LogP contribution in [0.3, 0.4) is 0 Å². The molecule has 1 aliphatic carbocycles. The zero-order chi connectivity index (χ0) is 46.3. The quantitative estimate of drug-likeness (QED) is 0.0417. The Morgan fingerprint density at radius 3 is 1.95 bits per heavy atom. The first-order chi connectivity index (χ1) is 29.7. The van der Waals surface area contributed by atoms with Crippen molar-refractivity contribution < 1.29 is 88.3 Å². The summed E-state index contributed by atoms with van der Waals surface area (Å²) in [6.45, 7) is 1.16. The van der Waals surface area contributed by atoms with Gasteiger partial charge >= 0.3 is 0 Å². The third-order valence-electron chi connectivity index (χ3n) is 8.57. The van der Waals surface area contributed by atoms with Gasteiger partial charge < -0.3 is 70.6 Å². The molecule has 21 nitrogen and oxygen atoms in total. The lowest BCUT2D eigenvalue weighted by Gasteiger charge is -2.28. The van der Waals surface area contributed by atoms with E-state index >= 15 is 0 Å². The first-order valence-electron chi connectivity index (χ1n) is 19.7. The van der Waals surface area contributed by atoms with Crippen molar-refractivity contribution in [1.82, 2.24) is 5.32 Å². The van der Waals surface area contributed by atoms with Gasteiger partial charge in [0, 0.05) is 46.7 Å². The highest BCUT2D eigenvalue weighted by Gasteiger charge is 2.21. The molecule has 0 aromatic heterocycles. The lowest BCUT2D eigenvalue weighted by atomic mass is 9.92. The normalized spacial score (nSPS) is 16.3. The Hall–Kier alpha value is -3.16. The monoisotopic (exact) mass is 963 g/mol. The molecule has 0 radical (unpaired) electrons. The van der Waals surface area contributed by atoms with Crippen LogP contribution in [-0.2, 0) is 54.5 Å². The number of unbranched alkanes of at least 4 members (excludes halogenated alkanes) is 1. The van der Waals surface area contributed by atoms with E-state index in [-0.39, 0.29) is 49.7 Å². The Bertz CT molecular complexity index is 2340. The lowest BCUT2D eigenvalue weighted by Crippen LogP contribution is -2.25. The number of fused-ring (bicyclic) bond motifs is 2. The number of phenols is 1. The molecule has 1 aliphatic heterocycles. The van der Waals surface area contributed by atoms with Crippen molar-refractivity contribution in [2.45, 2.75) is 46.5 Å². The molecule has 5 atom stereocenters. The van der Waals surface area contributed by atoms with Crippen LogP contribution in [0.25, 0.3) is 33.4 Å². The second-order valence-electron chi connectivity index (χ2n) is 14.2. The van der Waals surface area contributed by atoms with E-state index in [9.17, 15) is 52.5 Å². The SMILES string of the molecule is CCOP(=O)([O-])OCC(CCCCNC(=O)c1cccc(-c2c3ccc(=O)cc-3oc3cc(O)ccc23)c1)COP(=O)([O-])OCCCOP(=O)([O-])OCCOP(=O)([O-])OCC(C)C. The van der Waals surface area contributed by atoms with Crippen LogP contribution in [0.4, 0.5) is 0 Å². The van der Waals surface area contributed by atoms with E-state index in [1.807, 2.05) is 0 Å². The van der Waals surface area contributed by atoms with Crippen molar-refractivity contribution in [3.8, 4) is 28.2 Å². The molecule has 0 spiro atoms. The van der Waals surface area contributed by atoms with Crippen LogP contribution in [0.15, 0.2) is 69.9 Å². The van der Waals surface area contributed by atoms with Gasteiger partial charge in [-0.2, -0.15) is 0 Å². The van der Waals surface area contributed by atoms with Crippen molar-refractivity contribution in [3.05, 3.63) is 76.5 Å². The zero-order valence-corrected chi connectivity index (χ0v) is 38.2. The Kier molecular flexibility index (Phi) is 20.3. The number of hydrogen-bond acceptors (Lipinski definition) is 20. The molecule has 25 heteroatoms. The van der Waals surface area contributed by atoms with E-state index in [2.05, 4.69) is 27.9 Å². The Labute approximate surface area is 363 Å². The average Bonchev–Trinajstić information content (AvgIpc) is 3.21. The van der Waals surface area contributed by atoms with Crippen molar-refractivity contribution in [2.24, 2.45) is 11.8 Å². The number of carbonyl (C=O) groups excluding carboxylic acids is 1. The maximum atomic E-state index is 13.2. The maximum Gasteiger partial charge on any atom is 0.267 e. The molecule has 350 valence electrons. The number of amides is 1. The predicted molar refractivity (Wildman–Crippen MR) is 219 cm³/mol. The molecule has 63 heavy (non-hydrogen) atoms. The molecule has 1 amide bonds. The van der Waals surface area contributed by atoms with Crippen molar-refractivity contribution in [2.75, 3.05) is 59.4 Å². The van der Waals surface area contributed by atoms with E-state index in [4.69, 9.17) is 18.0 Å². The number of benzene rings is 3. The molecule has 0 bridgehead atoms. The van der Waals surface area contributed by atoms with Crippen LogP contribution < -0.4 is 30.3 Å². The van der Waals surface area contributed by atoms with E-state index in [0.29, 0.717) is 51.8 Å². The minimum atomic E-state index is -4.99. The van der Waals surface area contributed by atoms with Gasteiger partial charge in [0.15, 0.2) is 5.43 Å². The molecular formula is C38H49NO20P4-4. The average molecular weight is 964 g/mol. The van der Waals surface area contributed by atoms with Gasteiger partial charge in [-0.3, -0.25) is 27.8 Å². The Morgan fingerprint density at radius 1 is 0.714 bits per heavy atom. The van der Waals surface area contributed by atoms with Gasteiger partial charge in [-0.1, -0.05) is 32.4 Å². The molecular weight excluding hydrogens is 914 g/mol. The van der Waals surface area contributed by atoms with Gasteiger partial charge in [0.1, 0.15) is 17.1 Å². The number of phenolic OH excluding ortho intramolecular Hbond substituents is 1.